The number of carbonyl (C=O) groups excluding carboxylic acids is 2. The molecule has 0 aliphatic carbocycles. The van der Waals surface area contributed by atoms with Crippen molar-refractivity contribution in [3.8, 4) is 16.9 Å². The van der Waals surface area contributed by atoms with Crippen LogP contribution in [0, 0.1) is 0 Å². The average Bonchev–Trinajstić information content (AvgIpc) is 2.82. The van der Waals surface area contributed by atoms with Crippen LogP contribution < -0.4 is 10.1 Å². The van der Waals surface area contributed by atoms with Crippen molar-refractivity contribution < 1.29 is 19.1 Å². The van der Waals surface area contributed by atoms with Gasteiger partial charge >= 0.3 is 5.97 Å². The van der Waals surface area contributed by atoms with Crippen LogP contribution in [-0.2, 0) is 27.2 Å². The van der Waals surface area contributed by atoms with Crippen LogP contribution in [0.3, 0.4) is 0 Å². The van der Waals surface area contributed by atoms with Crippen molar-refractivity contribution in [3.05, 3.63) is 83.9 Å². The molecule has 0 radical (unpaired) electrons. The molecule has 3 aromatic rings. The van der Waals surface area contributed by atoms with Gasteiger partial charge in [0.15, 0.2) is 13.2 Å². The first-order chi connectivity index (χ1) is 15.1. The van der Waals surface area contributed by atoms with Crippen molar-refractivity contribution in [2.24, 2.45) is 0 Å². The van der Waals surface area contributed by atoms with Gasteiger partial charge in [0.2, 0.25) is 0 Å². The molecule has 0 saturated carbocycles. The van der Waals surface area contributed by atoms with E-state index in [4.69, 9.17) is 9.47 Å². The molecule has 1 N–H and O–H groups in total. The Kier molecular flexibility index (Phi) is 7.82. The zero-order chi connectivity index (χ0) is 22.1. The molecule has 0 bridgehead atoms. The van der Waals surface area contributed by atoms with E-state index in [9.17, 15) is 9.59 Å². The van der Waals surface area contributed by atoms with E-state index >= 15 is 0 Å². The Labute approximate surface area is 183 Å². The van der Waals surface area contributed by atoms with Crippen LogP contribution in [0.1, 0.15) is 25.0 Å². The topological polar surface area (TPSA) is 64.6 Å². The summed E-state index contributed by atoms with van der Waals surface area (Å²) in [5.74, 6) is -0.384. The lowest BCUT2D eigenvalue weighted by Gasteiger charge is -2.15. The number of nitrogens with one attached hydrogen (secondary N) is 1. The molecule has 0 aliphatic heterocycles. The van der Waals surface area contributed by atoms with E-state index in [0.29, 0.717) is 5.75 Å². The summed E-state index contributed by atoms with van der Waals surface area (Å²) in [6, 6.07) is 23.2. The molecule has 0 heterocycles. The second-order valence-corrected chi connectivity index (χ2v) is 7.02. The van der Waals surface area contributed by atoms with E-state index in [-0.39, 0.29) is 19.1 Å². The molecular formula is C26H27NO4. The first kappa shape index (κ1) is 22.1. The van der Waals surface area contributed by atoms with Crippen LogP contribution in [0.2, 0.25) is 0 Å². The molecule has 3 aromatic carbocycles. The predicted octanol–water partition coefficient (Wildman–Crippen LogP) is 5.04. The lowest BCUT2D eigenvalue weighted by molar-refractivity contribution is -0.149. The Morgan fingerprint density at radius 3 is 2.10 bits per heavy atom. The zero-order valence-corrected chi connectivity index (χ0v) is 17.9. The molecule has 0 unspecified atom stereocenters. The average molecular weight is 418 g/mol. The molecule has 160 valence electrons. The summed E-state index contributed by atoms with van der Waals surface area (Å²) in [6.07, 6.45) is 1.61. The SMILES string of the molecule is CCc1cccc(CC)c1NC(=O)COC(=O)COc1ccccc1-c1ccccc1. The van der Waals surface area contributed by atoms with E-state index in [1.54, 1.807) is 6.07 Å². The summed E-state index contributed by atoms with van der Waals surface area (Å²) in [4.78, 5) is 24.5. The van der Waals surface area contributed by atoms with E-state index in [0.717, 1.165) is 40.8 Å². The summed E-state index contributed by atoms with van der Waals surface area (Å²) < 4.78 is 10.8. The number of esters is 1. The highest BCUT2D eigenvalue weighted by atomic mass is 16.6. The molecule has 1 amide bonds. The molecule has 0 fully saturated rings. The first-order valence-electron chi connectivity index (χ1n) is 10.5. The Morgan fingerprint density at radius 1 is 0.774 bits per heavy atom. The molecule has 0 saturated heterocycles. The molecule has 0 aliphatic rings. The van der Waals surface area contributed by atoms with Crippen molar-refractivity contribution in [2.45, 2.75) is 26.7 Å². The minimum absolute atomic E-state index is 0.275. The normalized spacial score (nSPS) is 10.4. The number of carbonyl (C=O) groups is 2. The number of para-hydroxylation sites is 2. The fourth-order valence-corrected chi connectivity index (χ4v) is 3.35. The molecule has 0 spiro atoms. The third kappa shape index (κ3) is 5.95. The third-order valence-electron chi connectivity index (χ3n) is 4.94. The number of benzene rings is 3. The van der Waals surface area contributed by atoms with Crippen molar-refractivity contribution in [1.29, 1.82) is 0 Å². The molecule has 3 rings (SSSR count). The van der Waals surface area contributed by atoms with Crippen molar-refractivity contribution in [3.63, 3.8) is 0 Å². The van der Waals surface area contributed by atoms with Gasteiger partial charge in [0.05, 0.1) is 0 Å². The van der Waals surface area contributed by atoms with Gasteiger partial charge in [-0.15, -0.1) is 0 Å². The molecule has 31 heavy (non-hydrogen) atoms. The Hall–Kier alpha value is -3.60. The highest BCUT2D eigenvalue weighted by molar-refractivity contribution is 5.94. The monoisotopic (exact) mass is 417 g/mol. The van der Waals surface area contributed by atoms with Gasteiger partial charge in [-0.1, -0.05) is 80.6 Å². The van der Waals surface area contributed by atoms with E-state index in [1.807, 2.05) is 80.6 Å². The lowest BCUT2D eigenvalue weighted by Crippen LogP contribution is -2.24. The van der Waals surface area contributed by atoms with Gasteiger partial charge in [-0.05, 0) is 35.6 Å². The minimum atomic E-state index is -0.600. The lowest BCUT2D eigenvalue weighted by atomic mass is 10.0. The highest BCUT2D eigenvalue weighted by Crippen LogP contribution is 2.29. The molecular weight excluding hydrogens is 390 g/mol. The van der Waals surface area contributed by atoms with Crippen molar-refractivity contribution in [2.75, 3.05) is 18.5 Å². The summed E-state index contributed by atoms with van der Waals surface area (Å²) >= 11 is 0. The van der Waals surface area contributed by atoms with Crippen LogP contribution in [0.25, 0.3) is 11.1 Å². The van der Waals surface area contributed by atoms with Crippen LogP contribution in [0.15, 0.2) is 72.8 Å². The minimum Gasteiger partial charge on any atom is -0.481 e. The predicted molar refractivity (Wildman–Crippen MR) is 122 cm³/mol. The fraction of sp³-hybridized carbons (Fsp3) is 0.231. The van der Waals surface area contributed by atoms with Crippen LogP contribution in [0.5, 0.6) is 5.75 Å². The number of amides is 1. The molecule has 0 aromatic heterocycles. The number of rotatable bonds is 9. The summed E-state index contributed by atoms with van der Waals surface area (Å²) in [5, 5.41) is 2.88. The van der Waals surface area contributed by atoms with Gasteiger partial charge in [-0.3, -0.25) is 4.79 Å². The van der Waals surface area contributed by atoms with Crippen molar-refractivity contribution >= 4 is 17.6 Å². The Bertz CT molecular complexity index is 1010. The molecule has 5 nitrogen and oxygen atoms in total. The second kappa shape index (κ2) is 11.0. The maximum Gasteiger partial charge on any atom is 0.344 e. The van der Waals surface area contributed by atoms with Gasteiger partial charge in [-0.25, -0.2) is 4.79 Å². The van der Waals surface area contributed by atoms with Crippen LogP contribution in [-0.4, -0.2) is 25.1 Å². The molecule has 0 atom stereocenters. The Balaban J connectivity index is 1.55. The number of aryl methyl sites for hydroxylation is 2. The Morgan fingerprint density at radius 2 is 1.42 bits per heavy atom. The van der Waals surface area contributed by atoms with Gasteiger partial charge in [0.1, 0.15) is 5.75 Å². The largest absolute Gasteiger partial charge is 0.481 e. The number of hydrogen-bond acceptors (Lipinski definition) is 4. The quantitative estimate of drug-likeness (QED) is 0.496. The third-order valence-corrected chi connectivity index (χ3v) is 4.94. The standard InChI is InChI=1S/C26H27NO4/c1-3-19-13-10-14-20(4-2)26(19)27-24(28)17-31-25(29)18-30-23-16-9-8-15-22(23)21-11-6-5-7-12-21/h5-16H,3-4,17-18H2,1-2H3,(H,27,28). The van der Waals surface area contributed by atoms with Crippen LogP contribution >= 0.6 is 0 Å². The smallest absolute Gasteiger partial charge is 0.344 e. The maximum atomic E-state index is 12.3. The summed E-state index contributed by atoms with van der Waals surface area (Å²) in [6.45, 7) is 3.44. The van der Waals surface area contributed by atoms with Gasteiger partial charge in [-0.2, -0.15) is 0 Å². The summed E-state index contributed by atoms with van der Waals surface area (Å²) in [7, 11) is 0. The van der Waals surface area contributed by atoms with E-state index in [1.165, 1.54) is 0 Å². The van der Waals surface area contributed by atoms with Crippen LogP contribution in [0.4, 0.5) is 5.69 Å². The number of ether oxygens (including phenoxy) is 2. The van der Waals surface area contributed by atoms with E-state index < -0.39 is 5.97 Å². The van der Waals surface area contributed by atoms with E-state index in [2.05, 4.69) is 5.32 Å². The highest BCUT2D eigenvalue weighted by Gasteiger charge is 2.13. The summed E-state index contributed by atoms with van der Waals surface area (Å²) in [5.41, 5.74) is 4.80. The number of anilines is 1. The first-order valence-corrected chi connectivity index (χ1v) is 10.5. The van der Waals surface area contributed by atoms with Crippen molar-refractivity contribution in [1.82, 2.24) is 0 Å². The van der Waals surface area contributed by atoms with Gasteiger partial charge < -0.3 is 14.8 Å². The second-order valence-electron chi connectivity index (χ2n) is 7.02. The van der Waals surface area contributed by atoms with Gasteiger partial charge in [0, 0.05) is 11.3 Å². The zero-order valence-electron chi connectivity index (χ0n) is 17.9. The number of hydrogen-bond donors (Lipinski definition) is 1. The van der Waals surface area contributed by atoms with Gasteiger partial charge in [0.25, 0.3) is 5.91 Å². The maximum absolute atomic E-state index is 12.3. The molecule has 5 heteroatoms. The fourth-order valence-electron chi connectivity index (χ4n) is 3.35.